The van der Waals surface area contributed by atoms with E-state index in [9.17, 15) is 12.8 Å². The van der Waals surface area contributed by atoms with Crippen LogP contribution in [0.4, 0.5) is 4.39 Å². The van der Waals surface area contributed by atoms with Crippen molar-refractivity contribution >= 4 is 31.3 Å². The predicted octanol–water partition coefficient (Wildman–Crippen LogP) is 2.59. The highest BCUT2D eigenvalue weighted by atomic mass is 35.7. The molecule has 0 amide bonds. The molecule has 0 aliphatic rings. The molecule has 17 heavy (non-hydrogen) atoms. The number of hydrogen-bond acceptors (Lipinski definition) is 3. The maximum Gasteiger partial charge on any atom is 0.264 e. The zero-order valence-corrected chi connectivity index (χ0v) is 10.5. The fourth-order valence-corrected chi connectivity index (χ4v) is 1.96. The minimum atomic E-state index is -3.84. The maximum absolute atomic E-state index is 13.2. The van der Waals surface area contributed by atoms with E-state index >= 15 is 0 Å². The van der Waals surface area contributed by atoms with E-state index in [2.05, 4.69) is 5.10 Å². The summed E-state index contributed by atoms with van der Waals surface area (Å²) in [5, 5.41) is 3.74. The molecule has 8 heteroatoms. The Kier molecular flexibility index (Phi) is 3.11. The number of aromatic nitrogens is 2. The van der Waals surface area contributed by atoms with E-state index in [4.69, 9.17) is 22.3 Å². The van der Waals surface area contributed by atoms with Crippen LogP contribution in [-0.2, 0) is 9.05 Å². The summed E-state index contributed by atoms with van der Waals surface area (Å²) in [6.07, 6.45) is 2.26. The third-order valence-electron chi connectivity index (χ3n) is 2.01. The Morgan fingerprint density at radius 2 is 2.06 bits per heavy atom. The lowest BCUT2D eigenvalue weighted by Gasteiger charge is -2.01. The van der Waals surface area contributed by atoms with Gasteiger partial charge in [0.25, 0.3) is 9.05 Å². The lowest BCUT2D eigenvalue weighted by molar-refractivity contribution is 0.609. The smallest absolute Gasteiger partial charge is 0.239 e. The van der Waals surface area contributed by atoms with Gasteiger partial charge in [0.2, 0.25) is 0 Å². The summed E-state index contributed by atoms with van der Waals surface area (Å²) in [5.41, 5.74) is 0.346. The monoisotopic (exact) mass is 294 g/mol. The maximum atomic E-state index is 13.2. The van der Waals surface area contributed by atoms with E-state index in [1.807, 2.05) is 0 Å². The van der Waals surface area contributed by atoms with Gasteiger partial charge in [-0.05, 0) is 12.1 Å². The minimum absolute atomic E-state index is 0.0221. The summed E-state index contributed by atoms with van der Waals surface area (Å²) in [5.74, 6) is -0.616. The molecular formula is C9H5Cl2FN2O2S. The minimum Gasteiger partial charge on any atom is -0.239 e. The van der Waals surface area contributed by atoms with Crippen LogP contribution in [0.15, 0.2) is 35.5 Å². The Morgan fingerprint density at radius 1 is 1.35 bits per heavy atom. The lowest BCUT2D eigenvalue weighted by atomic mass is 10.3. The number of nitrogens with zero attached hydrogens (tertiary/aromatic N) is 2. The van der Waals surface area contributed by atoms with Crippen LogP contribution in [-0.4, -0.2) is 18.2 Å². The molecule has 0 unspecified atom stereocenters. The van der Waals surface area contributed by atoms with Crippen molar-refractivity contribution in [1.82, 2.24) is 9.78 Å². The van der Waals surface area contributed by atoms with Crippen molar-refractivity contribution in [1.29, 1.82) is 0 Å². The van der Waals surface area contributed by atoms with Gasteiger partial charge in [0.1, 0.15) is 10.7 Å². The fourth-order valence-electron chi connectivity index (χ4n) is 1.20. The third-order valence-corrected chi connectivity index (χ3v) is 3.62. The third kappa shape index (κ3) is 2.59. The molecule has 1 aromatic carbocycles. The molecule has 0 aliphatic heterocycles. The second kappa shape index (κ2) is 4.29. The highest BCUT2D eigenvalue weighted by Crippen LogP contribution is 2.20. The van der Waals surface area contributed by atoms with Gasteiger partial charge in [0.15, 0.2) is 0 Å². The average Bonchev–Trinajstić information content (AvgIpc) is 2.70. The second-order valence-corrected chi connectivity index (χ2v) is 6.13. The topological polar surface area (TPSA) is 52.0 Å². The zero-order chi connectivity index (χ0) is 12.6. The van der Waals surface area contributed by atoms with Crippen LogP contribution in [0.25, 0.3) is 5.69 Å². The zero-order valence-electron chi connectivity index (χ0n) is 8.14. The van der Waals surface area contributed by atoms with Crippen molar-refractivity contribution in [3.05, 3.63) is 41.4 Å². The summed E-state index contributed by atoms with van der Waals surface area (Å²) >= 11 is 5.52. The molecule has 0 saturated heterocycles. The summed E-state index contributed by atoms with van der Waals surface area (Å²) in [4.78, 5) is -0.158. The van der Waals surface area contributed by atoms with Crippen molar-refractivity contribution in [2.24, 2.45) is 0 Å². The van der Waals surface area contributed by atoms with Gasteiger partial charge in [0.05, 0.1) is 23.1 Å². The Bertz CT molecular complexity index is 669. The molecule has 1 aromatic heterocycles. The standard InChI is InChI=1S/C9H5Cl2FN2O2S/c10-8-2-1-6(3-9(8)12)14-5-7(4-13-14)17(11,15)16/h1-5H. The highest BCUT2D eigenvalue weighted by Gasteiger charge is 2.13. The summed E-state index contributed by atoms with van der Waals surface area (Å²) in [6.45, 7) is 0. The summed E-state index contributed by atoms with van der Waals surface area (Å²) in [6, 6.07) is 3.99. The van der Waals surface area contributed by atoms with Crippen LogP contribution in [0.2, 0.25) is 5.02 Å². The number of halogens is 3. The van der Waals surface area contributed by atoms with Gasteiger partial charge in [0, 0.05) is 16.7 Å². The van der Waals surface area contributed by atoms with E-state index < -0.39 is 14.9 Å². The molecule has 0 radical (unpaired) electrons. The van der Waals surface area contributed by atoms with E-state index in [-0.39, 0.29) is 9.92 Å². The SMILES string of the molecule is O=S(=O)(Cl)c1cnn(-c2ccc(Cl)c(F)c2)c1. The lowest BCUT2D eigenvalue weighted by Crippen LogP contribution is -1.95. The second-order valence-electron chi connectivity index (χ2n) is 3.16. The van der Waals surface area contributed by atoms with Gasteiger partial charge < -0.3 is 0 Å². The number of rotatable bonds is 2. The number of hydrogen-bond donors (Lipinski definition) is 0. The van der Waals surface area contributed by atoms with Gasteiger partial charge in [-0.25, -0.2) is 17.5 Å². The van der Waals surface area contributed by atoms with Crippen LogP contribution in [0, 0.1) is 5.82 Å². The first-order valence-electron chi connectivity index (χ1n) is 4.33. The molecule has 0 saturated carbocycles. The van der Waals surface area contributed by atoms with Gasteiger partial charge in [-0.15, -0.1) is 0 Å². The molecule has 0 spiro atoms. The average molecular weight is 295 g/mol. The van der Waals surface area contributed by atoms with Crippen molar-refractivity contribution in [3.8, 4) is 5.69 Å². The van der Waals surface area contributed by atoms with Gasteiger partial charge in [-0.3, -0.25) is 0 Å². The highest BCUT2D eigenvalue weighted by molar-refractivity contribution is 8.13. The normalized spacial score (nSPS) is 11.7. The van der Waals surface area contributed by atoms with Crippen molar-refractivity contribution < 1.29 is 12.8 Å². The van der Waals surface area contributed by atoms with Gasteiger partial charge >= 0.3 is 0 Å². The fraction of sp³-hybridized carbons (Fsp3) is 0. The van der Waals surface area contributed by atoms with Crippen molar-refractivity contribution in [2.45, 2.75) is 4.90 Å². The molecule has 2 aromatic rings. The Hall–Kier alpha value is -1.11. The molecular weight excluding hydrogens is 290 g/mol. The summed E-state index contributed by atoms with van der Waals surface area (Å²) in [7, 11) is 1.30. The molecule has 4 nitrogen and oxygen atoms in total. The van der Waals surface area contributed by atoms with Gasteiger partial charge in [-0.1, -0.05) is 11.6 Å². The van der Waals surface area contributed by atoms with Crippen molar-refractivity contribution in [3.63, 3.8) is 0 Å². The van der Waals surface area contributed by atoms with Gasteiger partial charge in [-0.2, -0.15) is 5.10 Å². The first-order chi connectivity index (χ1) is 7.88. The van der Waals surface area contributed by atoms with E-state index in [0.29, 0.717) is 5.69 Å². The molecule has 90 valence electrons. The molecule has 0 N–H and O–H groups in total. The quantitative estimate of drug-likeness (QED) is 0.800. The van der Waals surface area contributed by atoms with Crippen LogP contribution in [0.1, 0.15) is 0 Å². The Labute approximate surface area is 106 Å². The Balaban J connectivity index is 2.47. The molecule has 1 heterocycles. The largest absolute Gasteiger partial charge is 0.264 e. The van der Waals surface area contributed by atoms with Crippen LogP contribution >= 0.6 is 22.3 Å². The molecule has 2 rings (SSSR count). The molecule has 0 fully saturated rings. The molecule has 0 bridgehead atoms. The van der Waals surface area contributed by atoms with E-state index in [0.717, 1.165) is 12.3 Å². The first kappa shape index (κ1) is 12.3. The van der Waals surface area contributed by atoms with Crippen LogP contribution < -0.4 is 0 Å². The van der Waals surface area contributed by atoms with Crippen LogP contribution in [0.3, 0.4) is 0 Å². The first-order valence-corrected chi connectivity index (χ1v) is 7.01. The van der Waals surface area contributed by atoms with E-state index in [1.165, 1.54) is 23.0 Å². The molecule has 0 aliphatic carbocycles. The predicted molar refractivity (Wildman–Crippen MR) is 61.6 cm³/mol. The summed E-state index contributed by atoms with van der Waals surface area (Å²) < 4.78 is 36.4. The van der Waals surface area contributed by atoms with Crippen LogP contribution in [0.5, 0.6) is 0 Å². The molecule has 0 atom stereocenters. The van der Waals surface area contributed by atoms with Crippen molar-refractivity contribution in [2.75, 3.05) is 0 Å². The Morgan fingerprint density at radius 3 is 2.59 bits per heavy atom. The van der Waals surface area contributed by atoms with E-state index in [1.54, 1.807) is 0 Å². The number of benzene rings is 1.